The number of hydrogen-bond acceptors (Lipinski definition) is 3. The van der Waals surface area contributed by atoms with Gasteiger partial charge in [-0.05, 0) is 46.7 Å². The topological polar surface area (TPSA) is 57.8 Å². The first-order valence-corrected chi connectivity index (χ1v) is 8.58. The standard InChI is InChI=1S/C19H15N3OS/c23-18(10-13-8-9-24-12-13)20-15-5-3-4-14(11-15)19-21-16-6-1-2-7-17(16)22-19/h1-9,11-12H,10H2,(H,20,23)(H,21,22). The van der Waals surface area contributed by atoms with Crippen molar-refractivity contribution in [2.45, 2.75) is 6.42 Å². The van der Waals surface area contributed by atoms with Gasteiger partial charge >= 0.3 is 0 Å². The van der Waals surface area contributed by atoms with E-state index in [0.717, 1.165) is 33.7 Å². The largest absolute Gasteiger partial charge is 0.338 e. The lowest BCUT2D eigenvalue weighted by Gasteiger charge is -2.06. The predicted molar refractivity (Wildman–Crippen MR) is 98.2 cm³/mol. The molecule has 0 saturated carbocycles. The molecule has 0 bridgehead atoms. The summed E-state index contributed by atoms with van der Waals surface area (Å²) in [5.41, 5.74) is 4.68. The lowest BCUT2D eigenvalue weighted by atomic mass is 10.2. The van der Waals surface area contributed by atoms with Crippen molar-refractivity contribution in [1.29, 1.82) is 0 Å². The van der Waals surface area contributed by atoms with Crippen LogP contribution in [0.1, 0.15) is 5.56 Å². The van der Waals surface area contributed by atoms with Gasteiger partial charge in [0.2, 0.25) is 5.91 Å². The molecule has 5 heteroatoms. The molecule has 1 amide bonds. The second kappa shape index (κ2) is 6.29. The van der Waals surface area contributed by atoms with E-state index in [2.05, 4.69) is 15.3 Å². The molecule has 0 saturated heterocycles. The maximum atomic E-state index is 12.1. The Bertz CT molecular complexity index is 956. The van der Waals surface area contributed by atoms with Crippen LogP contribution in [0.25, 0.3) is 22.4 Å². The molecule has 4 nitrogen and oxygen atoms in total. The van der Waals surface area contributed by atoms with Crippen molar-refractivity contribution in [3.63, 3.8) is 0 Å². The van der Waals surface area contributed by atoms with Crippen LogP contribution < -0.4 is 5.32 Å². The molecule has 0 spiro atoms. The molecule has 2 aromatic heterocycles. The summed E-state index contributed by atoms with van der Waals surface area (Å²) in [5, 5.41) is 6.92. The predicted octanol–water partition coefficient (Wildman–Crippen LogP) is 4.47. The summed E-state index contributed by atoms with van der Waals surface area (Å²) in [4.78, 5) is 20.0. The summed E-state index contributed by atoms with van der Waals surface area (Å²) >= 11 is 1.60. The van der Waals surface area contributed by atoms with E-state index < -0.39 is 0 Å². The third kappa shape index (κ3) is 3.07. The van der Waals surface area contributed by atoms with Crippen molar-refractivity contribution >= 4 is 34.0 Å². The molecule has 24 heavy (non-hydrogen) atoms. The maximum absolute atomic E-state index is 12.1. The maximum Gasteiger partial charge on any atom is 0.228 e. The molecule has 2 aromatic carbocycles. The van der Waals surface area contributed by atoms with E-state index in [9.17, 15) is 4.79 Å². The zero-order valence-electron chi connectivity index (χ0n) is 12.8. The summed E-state index contributed by atoms with van der Waals surface area (Å²) in [6.07, 6.45) is 0.387. The smallest absolute Gasteiger partial charge is 0.228 e. The third-order valence-corrected chi connectivity index (χ3v) is 4.49. The molecule has 0 unspecified atom stereocenters. The first-order valence-electron chi connectivity index (χ1n) is 7.64. The minimum atomic E-state index is -0.0184. The molecule has 0 fully saturated rings. The van der Waals surface area contributed by atoms with Crippen LogP contribution in [0.3, 0.4) is 0 Å². The number of amides is 1. The summed E-state index contributed by atoms with van der Waals surface area (Å²) in [6, 6.07) is 17.6. The Labute approximate surface area is 143 Å². The number of para-hydroxylation sites is 2. The second-order valence-corrected chi connectivity index (χ2v) is 6.32. The quantitative estimate of drug-likeness (QED) is 0.579. The van der Waals surface area contributed by atoms with Gasteiger partial charge in [0.15, 0.2) is 0 Å². The minimum absolute atomic E-state index is 0.0184. The Balaban J connectivity index is 1.55. The normalized spacial score (nSPS) is 10.8. The second-order valence-electron chi connectivity index (χ2n) is 5.54. The van der Waals surface area contributed by atoms with E-state index in [1.54, 1.807) is 11.3 Å². The van der Waals surface area contributed by atoms with Gasteiger partial charge in [0.25, 0.3) is 0 Å². The number of carbonyl (C=O) groups is 1. The van der Waals surface area contributed by atoms with Gasteiger partial charge < -0.3 is 10.3 Å². The van der Waals surface area contributed by atoms with Crippen LogP contribution in [-0.4, -0.2) is 15.9 Å². The number of aromatic amines is 1. The summed E-state index contributed by atoms with van der Waals surface area (Å²) in [7, 11) is 0. The van der Waals surface area contributed by atoms with E-state index >= 15 is 0 Å². The van der Waals surface area contributed by atoms with Gasteiger partial charge in [-0.3, -0.25) is 4.79 Å². The Kier molecular flexibility index (Phi) is 3.84. The van der Waals surface area contributed by atoms with E-state index in [1.165, 1.54) is 0 Å². The fourth-order valence-electron chi connectivity index (χ4n) is 2.62. The molecule has 4 rings (SSSR count). The average Bonchev–Trinajstić information content (AvgIpc) is 3.24. The molecule has 0 radical (unpaired) electrons. The highest BCUT2D eigenvalue weighted by molar-refractivity contribution is 7.08. The Morgan fingerprint density at radius 2 is 2.04 bits per heavy atom. The van der Waals surface area contributed by atoms with Gasteiger partial charge in [0.1, 0.15) is 5.82 Å². The van der Waals surface area contributed by atoms with Crippen LogP contribution >= 0.6 is 11.3 Å². The number of aromatic nitrogens is 2. The van der Waals surface area contributed by atoms with E-state index in [4.69, 9.17) is 0 Å². The number of thiophene rings is 1. The first-order chi connectivity index (χ1) is 11.8. The Morgan fingerprint density at radius 3 is 2.88 bits per heavy atom. The van der Waals surface area contributed by atoms with Crippen LogP contribution in [-0.2, 0) is 11.2 Å². The number of anilines is 1. The van der Waals surface area contributed by atoms with E-state index in [-0.39, 0.29) is 5.91 Å². The number of fused-ring (bicyclic) bond motifs is 1. The fourth-order valence-corrected chi connectivity index (χ4v) is 3.29. The van der Waals surface area contributed by atoms with Crippen molar-refractivity contribution in [2.24, 2.45) is 0 Å². The van der Waals surface area contributed by atoms with Gasteiger partial charge in [-0.1, -0.05) is 24.3 Å². The molecule has 4 aromatic rings. The van der Waals surface area contributed by atoms with Gasteiger partial charge in [-0.2, -0.15) is 11.3 Å². The highest BCUT2D eigenvalue weighted by Gasteiger charge is 2.08. The number of imidazole rings is 1. The number of nitrogens with one attached hydrogen (secondary N) is 2. The summed E-state index contributed by atoms with van der Waals surface area (Å²) in [6.45, 7) is 0. The van der Waals surface area contributed by atoms with Crippen LogP contribution in [0, 0.1) is 0 Å². The van der Waals surface area contributed by atoms with Crippen LogP contribution in [0.15, 0.2) is 65.4 Å². The van der Waals surface area contributed by atoms with E-state index in [1.807, 2.05) is 65.4 Å². The molecular weight excluding hydrogens is 318 g/mol. The highest BCUT2D eigenvalue weighted by atomic mass is 32.1. The molecule has 0 aliphatic heterocycles. The van der Waals surface area contributed by atoms with Crippen LogP contribution in [0.5, 0.6) is 0 Å². The number of carbonyl (C=O) groups excluding carboxylic acids is 1. The molecule has 0 aliphatic carbocycles. The van der Waals surface area contributed by atoms with Gasteiger partial charge in [0, 0.05) is 11.3 Å². The molecule has 0 atom stereocenters. The number of nitrogens with zero attached hydrogens (tertiary/aromatic N) is 1. The van der Waals surface area contributed by atoms with Crippen LogP contribution in [0.2, 0.25) is 0 Å². The lowest BCUT2D eigenvalue weighted by Crippen LogP contribution is -2.13. The van der Waals surface area contributed by atoms with Crippen molar-refractivity contribution < 1.29 is 4.79 Å². The highest BCUT2D eigenvalue weighted by Crippen LogP contribution is 2.23. The summed E-state index contributed by atoms with van der Waals surface area (Å²) in [5.74, 6) is 0.778. The zero-order chi connectivity index (χ0) is 16.4. The van der Waals surface area contributed by atoms with Gasteiger partial charge in [0.05, 0.1) is 17.5 Å². The molecule has 0 aliphatic rings. The molecular formula is C19H15N3OS. The first kappa shape index (κ1) is 14.7. The molecule has 2 N–H and O–H groups in total. The van der Waals surface area contributed by atoms with E-state index in [0.29, 0.717) is 6.42 Å². The zero-order valence-corrected chi connectivity index (χ0v) is 13.6. The number of H-pyrrole nitrogens is 1. The summed E-state index contributed by atoms with van der Waals surface area (Å²) < 4.78 is 0. The fraction of sp³-hybridized carbons (Fsp3) is 0.0526. The van der Waals surface area contributed by atoms with Crippen molar-refractivity contribution in [3.8, 4) is 11.4 Å². The average molecular weight is 333 g/mol. The van der Waals surface area contributed by atoms with Gasteiger partial charge in [-0.25, -0.2) is 4.98 Å². The van der Waals surface area contributed by atoms with Crippen LogP contribution in [0.4, 0.5) is 5.69 Å². The Morgan fingerprint density at radius 1 is 1.12 bits per heavy atom. The molecule has 118 valence electrons. The lowest BCUT2D eigenvalue weighted by molar-refractivity contribution is -0.115. The minimum Gasteiger partial charge on any atom is -0.338 e. The van der Waals surface area contributed by atoms with Crippen molar-refractivity contribution in [1.82, 2.24) is 9.97 Å². The SMILES string of the molecule is O=C(Cc1ccsc1)Nc1cccc(-c2nc3ccccc3[nH]2)c1. The third-order valence-electron chi connectivity index (χ3n) is 3.75. The van der Waals surface area contributed by atoms with Crippen molar-refractivity contribution in [3.05, 3.63) is 70.9 Å². The number of hydrogen-bond donors (Lipinski definition) is 2. The van der Waals surface area contributed by atoms with Crippen molar-refractivity contribution in [2.75, 3.05) is 5.32 Å². The Hall–Kier alpha value is -2.92. The molecule has 2 heterocycles. The number of rotatable bonds is 4. The number of benzene rings is 2. The monoisotopic (exact) mass is 333 g/mol. The van der Waals surface area contributed by atoms with Gasteiger partial charge in [-0.15, -0.1) is 0 Å².